The molecule has 1 N–H and O–H groups in total. The predicted octanol–water partition coefficient (Wildman–Crippen LogP) is 5.77. The number of imidazole rings is 1. The van der Waals surface area contributed by atoms with Gasteiger partial charge in [0.1, 0.15) is 27.9 Å². The lowest BCUT2D eigenvalue weighted by Crippen LogP contribution is -2.25. The van der Waals surface area contributed by atoms with Gasteiger partial charge in [-0.25, -0.2) is 9.97 Å². The van der Waals surface area contributed by atoms with E-state index in [1.807, 2.05) is 51.2 Å². The van der Waals surface area contributed by atoms with Gasteiger partial charge in [-0.15, -0.1) is 0 Å². The maximum atomic E-state index is 9.08. The first-order valence-corrected chi connectivity index (χ1v) is 10.7. The minimum absolute atomic E-state index is 0.341. The van der Waals surface area contributed by atoms with Crippen molar-refractivity contribution in [2.45, 2.75) is 32.7 Å². The lowest BCUT2D eigenvalue weighted by molar-refractivity contribution is 0.326. The van der Waals surface area contributed by atoms with Gasteiger partial charge >= 0.3 is 0 Å². The average Bonchev–Trinajstić information content (AvgIpc) is 3.42. The van der Waals surface area contributed by atoms with Crippen LogP contribution in [0.1, 0.15) is 26.1 Å². The largest absolute Gasteiger partial charge is 0.456 e. The molecule has 0 aliphatic carbocycles. The average molecular weight is 458 g/mol. The molecule has 0 spiro atoms. The molecule has 0 aliphatic heterocycles. The molecule has 33 heavy (non-hydrogen) atoms. The van der Waals surface area contributed by atoms with E-state index < -0.39 is 5.54 Å². The Labute approximate surface area is 194 Å². The van der Waals surface area contributed by atoms with Crippen LogP contribution in [0.3, 0.4) is 0 Å². The van der Waals surface area contributed by atoms with Gasteiger partial charge < -0.3 is 9.72 Å². The van der Waals surface area contributed by atoms with Crippen molar-refractivity contribution in [2.24, 2.45) is 0 Å². The Morgan fingerprint density at radius 3 is 2.79 bits per heavy atom. The van der Waals surface area contributed by atoms with Gasteiger partial charge in [0.15, 0.2) is 0 Å². The summed E-state index contributed by atoms with van der Waals surface area (Å²) >= 11 is 6.69. The fraction of sp³-hybridized carbons (Fsp3) is 0.208. The van der Waals surface area contributed by atoms with Crippen molar-refractivity contribution in [3.05, 3.63) is 59.8 Å². The van der Waals surface area contributed by atoms with E-state index in [9.17, 15) is 0 Å². The third-order valence-corrected chi connectivity index (χ3v) is 5.79. The van der Waals surface area contributed by atoms with Gasteiger partial charge in [0.2, 0.25) is 0 Å². The zero-order valence-corrected chi connectivity index (χ0v) is 19.1. The van der Waals surface area contributed by atoms with Gasteiger partial charge in [0, 0.05) is 17.8 Å². The minimum atomic E-state index is -0.426. The Hall–Kier alpha value is -3.96. The lowest BCUT2D eigenvalue weighted by Gasteiger charge is -2.21. The van der Waals surface area contributed by atoms with Gasteiger partial charge in [-0.1, -0.05) is 11.6 Å². The third-order valence-electron chi connectivity index (χ3n) is 5.43. The van der Waals surface area contributed by atoms with Crippen LogP contribution in [0.25, 0.3) is 33.3 Å². The van der Waals surface area contributed by atoms with E-state index in [4.69, 9.17) is 26.6 Å². The summed E-state index contributed by atoms with van der Waals surface area (Å²) in [6.45, 7) is 5.83. The van der Waals surface area contributed by atoms with E-state index >= 15 is 0 Å². The van der Waals surface area contributed by atoms with Crippen LogP contribution in [0.2, 0.25) is 5.02 Å². The molecular weight excluding hydrogens is 438 g/mol. The van der Waals surface area contributed by atoms with Gasteiger partial charge in [0.05, 0.1) is 52.7 Å². The maximum Gasteiger partial charge on any atom is 0.148 e. The fourth-order valence-electron chi connectivity index (χ4n) is 3.61. The molecule has 0 bridgehead atoms. The van der Waals surface area contributed by atoms with Crippen LogP contribution in [-0.2, 0) is 5.54 Å². The highest BCUT2D eigenvalue weighted by Gasteiger charge is 2.22. The van der Waals surface area contributed by atoms with Crippen molar-refractivity contribution >= 4 is 33.7 Å². The number of nitrogens with zero attached hydrogens (tertiary/aromatic N) is 6. The molecular formula is C24H20ClN7O. The van der Waals surface area contributed by atoms with Crippen LogP contribution < -0.4 is 4.74 Å². The number of ether oxygens (including phenoxy) is 1. The number of benzene rings is 2. The van der Waals surface area contributed by atoms with Crippen molar-refractivity contribution in [1.82, 2.24) is 29.7 Å². The molecule has 0 amide bonds. The molecule has 0 fully saturated rings. The highest BCUT2D eigenvalue weighted by atomic mass is 35.5. The van der Waals surface area contributed by atoms with Gasteiger partial charge in [0.25, 0.3) is 0 Å². The molecule has 0 aliphatic rings. The third kappa shape index (κ3) is 3.88. The standard InChI is InChI=1S/C24H20ClN7O/c1-14-29-17-5-4-16(10-19(17)30-14)33-21-7-6-18-23(22(21)25)31-20(12-27-18)15-11-28-32(13-15)24(2,3)8-9-26/h4-7,10-13H,8H2,1-3H3,(H,29,30). The van der Waals surface area contributed by atoms with E-state index in [1.165, 1.54) is 0 Å². The smallest absolute Gasteiger partial charge is 0.148 e. The normalized spacial score (nSPS) is 11.7. The molecule has 9 heteroatoms. The topological polar surface area (TPSA) is 105 Å². The molecule has 164 valence electrons. The first-order chi connectivity index (χ1) is 15.8. The van der Waals surface area contributed by atoms with Gasteiger partial charge in [-0.3, -0.25) is 9.67 Å². The Morgan fingerprint density at radius 1 is 1.15 bits per heavy atom. The molecule has 0 unspecified atom stereocenters. The van der Waals surface area contributed by atoms with Crippen LogP contribution in [0.4, 0.5) is 0 Å². The summed E-state index contributed by atoms with van der Waals surface area (Å²) in [5.41, 5.74) is 3.96. The van der Waals surface area contributed by atoms with E-state index in [0.29, 0.717) is 39.7 Å². The summed E-state index contributed by atoms with van der Waals surface area (Å²) in [6, 6.07) is 11.4. The second kappa shape index (κ2) is 7.87. The number of aromatic nitrogens is 6. The van der Waals surface area contributed by atoms with Crippen LogP contribution in [0.5, 0.6) is 11.5 Å². The van der Waals surface area contributed by atoms with Gasteiger partial charge in [-0.2, -0.15) is 10.4 Å². The van der Waals surface area contributed by atoms with E-state index in [-0.39, 0.29) is 0 Å². The Morgan fingerprint density at radius 2 is 1.97 bits per heavy atom. The zero-order chi connectivity index (χ0) is 23.2. The number of nitrogens with one attached hydrogen (secondary N) is 1. The number of halogens is 1. The summed E-state index contributed by atoms with van der Waals surface area (Å²) < 4.78 is 7.83. The fourth-order valence-corrected chi connectivity index (χ4v) is 3.85. The lowest BCUT2D eigenvalue weighted by atomic mass is 10.0. The molecule has 2 aromatic carbocycles. The quantitative estimate of drug-likeness (QED) is 0.359. The number of rotatable bonds is 5. The summed E-state index contributed by atoms with van der Waals surface area (Å²) in [4.78, 5) is 16.9. The molecule has 5 rings (SSSR count). The zero-order valence-electron chi connectivity index (χ0n) is 18.3. The Bertz CT molecular complexity index is 1540. The number of H-pyrrole nitrogens is 1. The van der Waals surface area contributed by atoms with E-state index in [2.05, 4.69) is 26.1 Å². The van der Waals surface area contributed by atoms with Crippen LogP contribution >= 0.6 is 11.6 Å². The van der Waals surface area contributed by atoms with Crippen molar-refractivity contribution < 1.29 is 4.74 Å². The summed E-state index contributed by atoms with van der Waals surface area (Å²) in [5, 5.41) is 13.9. The summed E-state index contributed by atoms with van der Waals surface area (Å²) in [6.07, 6.45) is 5.61. The Kier molecular flexibility index (Phi) is 4.99. The summed E-state index contributed by atoms with van der Waals surface area (Å²) in [5.74, 6) is 1.96. The number of hydrogen-bond donors (Lipinski definition) is 1. The second-order valence-corrected chi connectivity index (χ2v) is 8.80. The number of aromatic amines is 1. The highest BCUT2D eigenvalue weighted by molar-refractivity contribution is 6.36. The van der Waals surface area contributed by atoms with E-state index in [0.717, 1.165) is 22.4 Å². The Balaban J connectivity index is 1.50. The SMILES string of the molecule is Cc1nc2ccc(Oc3ccc4ncc(-c5cnn(C(C)(C)CC#N)c5)nc4c3Cl)cc2[nH]1. The number of fused-ring (bicyclic) bond motifs is 2. The number of hydrogen-bond acceptors (Lipinski definition) is 6. The molecule has 0 atom stereocenters. The van der Waals surface area contributed by atoms with Crippen molar-refractivity contribution in [1.29, 1.82) is 5.26 Å². The number of nitriles is 1. The molecule has 3 aromatic heterocycles. The predicted molar refractivity (Wildman–Crippen MR) is 126 cm³/mol. The molecule has 8 nitrogen and oxygen atoms in total. The molecule has 5 aromatic rings. The van der Waals surface area contributed by atoms with Crippen molar-refractivity contribution in [2.75, 3.05) is 0 Å². The molecule has 0 saturated heterocycles. The highest BCUT2D eigenvalue weighted by Crippen LogP contribution is 2.35. The minimum Gasteiger partial charge on any atom is -0.456 e. The van der Waals surface area contributed by atoms with Gasteiger partial charge in [-0.05, 0) is 45.0 Å². The molecule has 0 radical (unpaired) electrons. The van der Waals surface area contributed by atoms with Crippen LogP contribution in [0.15, 0.2) is 48.9 Å². The van der Waals surface area contributed by atoms with Crippen molar-refractivity contribution in [3.63, 3.8) is 0 Å². The van der Waals surface area contributed by atoms with Crippen LogP contribution in [-0.4, -0.2) is 29.7 Å². The molecule has 0 saturated carbocycles. The van der Waals surface area contributed by atoms with Crippen LogP contribution in [0, 0.1) is 18.3 Å². The molecule has 3 heterocycles. The maximum absolute atomic E-state index is 9.08. The first-order valence-electron chi connectivity index (χ1n) is 10.4. The van der Waals surface area contributed by atoms with E-state index in [1.54, 1.807) is 23.1 Å². The number of aryl methyl sites for hydroxylation is 1. The first kappa shape index (κ1) is 20.9. The summed E-state index contributed by atoms with van der Waals surface area (Å²) in [7, 11) is 0. The van der Waals surface area contributed by atoms with Crippen molar-refractivity contribution in [3.8, 4) is 28.8 Å². The monoisotopic (exact) mass is 457 g/mol. The second-order valence-electron chi connectivity index (χ2n) is 8.42.